The highest BCUT2D eigenvalue weighted by Crippen LogP contribution is 2.36. The Morgan fingerprint density at radius 3 is 2.41 bits per heavy atom. The minimum absolute atomic E-state index is 0.100. The van der Waals surface area contributed by atoms with Crippen LogP contribution in [0.3, 0.4) is 0 Å². The van der Waals surface area contributed by atoms with Crippen LogP contribution in [-0.2, 0) is 9.32 Å². The molecule has 0 aromatic heterocycles. The molecule has 0 aromatic rings. The molecule has 0 radical (unpaired) electrons. The van der Waals surface area contributed by atoms with E-state index in [9.17, 15) is 9.69 Å². The van der Waals surface area contributed by atoms with Crippen LogP contribution in [0.1, 0.15) is 13.8 Å². The van der Waals surface area contributed by atoms with E-state index in [4.69, 9.17) is 10.3 Å². The van der Waals surface area contributed by atoms with Crippen LogP contribution < -0.4 is 5.73 Å². The van der Waals surface area contributed by atoms with Gasteiger partial charge in [-0.25, -0.2) is 0 Å². The van der Waals surface area contributed by atoms with Crippen molar-refractivity contribution in [3.8, 4) is 0 Å². The van der Waals surface area contributed by atoms with E-state index in [0.29, 0.717) is 28.7 Å². The summed E-state index contributed by atoms with van der Waals surface area (Å²) in [7, 11) is -2.58. The van der Waals surface area contributed by atoms with E-state index in [2.05, 4.69) is 12.9 Å². The first-order chi connectivity index (χ1) is 7.72. The Bertz CT molecular complexity index is 415. The highest BCUT2D eigenvalue weighted by atomic mass is 31.2. The average Bonchev–Trinajstić information content (AvgIpc) is 2.21. The molecule has 0 aromatic carbocycles. The van der Waals surface area contributed by atoms with E-state index in [1.54, 1.807) is 19.9 Å². The largest absolute Gasteiger partial charge is 0.398 e. The molecule has 0 aliphatic carbocycles. The number of allylic oxidation sites excluding steroid dienone is 2. The predicted molar refractivity (Wildman–Crippen MR) is 74.0 cm³/mol. The predicted octanol–water partition coefficient (Wildman–Crippen LogP) is 1.84. The summed E-state index contributed by atoms with van der Waals surface area (Å²) in [5.74, 6) is 0. The Morgan fingerprint density at radius 1 is 1.59 bits per heavy atom. The molecule has 0 aliphatic rings. The van der Waals surface area contributed by atoms with Gasteiger partial charge in [0.1, 0.15) is 7.34 Å². The molecule has 0 spiro atoms. The van der Waals surface area contributed by atoms with Gasteiger partial charge in [-0.1, -0.05) is 19.0 Å². The van der Waals surface area contributed by atoms with Crippen LogP contribution in [0.15, 0.2) is 35.1 Å². The van der Waals surface area contributed by atoms with Crippen molar-refractivity contribution in [2.45, 2.75) is 13.8 Å². The highest BCUT2D eigenvalue weighted by Gasteiger charge is 2.11. The zero-order valence-electron chi connectivity index (χ0n) is 10.6. The Hall–Kier alpha value is -1.09. The molecule has 0 heterocycles. The molecule has 0 rings (SSSR count). The first-order valence-corrected chi connectivity index (χ1v) is 7.36. The lowest BCUT2D eigenvalue weighted by Gasteiger charge is -2.15. The van der Waals surface area contributed by atoms with Gasteiger partial charge in [0.15, 0.2) is 6.29 Å². The van der Waals surface area contributed by atoms with Crippen molar-refractivity contribution in [2.24, 2.45) is 5.73 Å². The second-order valence-electron chi connectivity index (χ2n) is 3.86. The van der Waals surface area contributed by atoms with Gasteiger partial charge in [0.2, 0.25) is 0 Å². The summed E-state index contributed by atoms with van der Waals surface area (Å²) in [6.07, 6.45) is 5.89. The van der Waals surface area contributed by atoms with E-state index >= 15 is 0 Å². The van der Waals surface area contributed by atoms with E-state index in [1.807, 2.05) is 0 Å². The van der Waals surface area contributed by atoms with Crippen molar-refractivity contribution >= 4 is 19.9 Å². The van der Waals surface area contributed by atoms with Crippen molar-refractivity contribution in [1.82, 2.24) is 0 Å². The SMILES string of the molecule is C=C(C)/C(N)=C(C=O)\C(=C/C)COP(=C)(C)O. The molecule has 0 fully saturated rings. The number of aldehydes is 1. The van der Waals surface area contributed by atoms with Crippen molar-refractivity contribution < 1.29 is 14.2 Å². The van der Waals surface area contributed by atoms with Crippen LogP contribution in [0, 0.1) is 0 Å². The molecule has 3 N–H and O–H groups in total. The molecule has 96 valence electrons. The standard InChI is InChI=1S/C12H20NO3P/c1-6-10(8-16-17(4,5)15)11(7-14)12(13)9(2)3/h6-7,15H,2,4,8,13H2,1,3,5H3/b10-6-,12-11+. The lowest BCUT2D eigenvalue weighted by Crippen LogP contribution is -2.10. The van der Waals surface area contributed by atoms with Crippen molar-refractivity contribution in [3.05, 3.63) is 35.1 Å². The van der Waals surface area contributed by atoms with Gasteiger partial charge in [-0.15, -0.1) is 0 Å². The van der Waals surface area contributed by atoms with Crippen molar-refractivity contribution in [1.29, 1.82) is 0 Å². The molecule has 4 nitrogen and oxygen atoms in total. The monoisotopic (exact) mass is 257 g/mol. The zero-order valence-corrected chi connectivity index (χ0v) is 11.5. The van der Waals surface area contributed by atoms with Gasteiger partial charge < -0.3 is 15.2 Å². The number of carbonyl (C=O) groups excluding carboxylic acids is 1. The second kappa shape index (κ2) is 6.60. The quantitative estimate of drug-likeness (QED) is 0.329. The summed E-state index contributed by atoms with van der Waals surface area (Å²) >= 11 is 0. The van der Waals surface area contributed by atoms with Crippen LogP contribution in [0.5, 0.6) is 0 Å². The third kappa shape index (κ3) is 5.68. The molecule has 5 heteroatoms. The van der Waals surface area contributed by atoms with Crippen molar-refractivity contribution in [2.75, 3.05) is 13.3 Å². The Balaban J connectivity index is 5.13. The van der Waals surface area contributed by atoms with Crippen LogP contribution in [0.4, 0.5) is 0 Å². The number of carbonyl (C=O) groups is 1. The molecule has 0 aliphatic heterocycles. The summed E-state index contributed by atoms with van der Waals surface area (Å²) in [4.78, 5) is 20.5. The van der Waals surface area contributed by atoms with Crippen molar-refractivity contribution in [3.63, 3.8) is 0 Å². The molecule has 0 saturated carbocycles. The maximum absolute atomic E-state index is 11.0. The first-order valence-electron chi connectivity index (χ1n) is 5.07. The van der Waals surface area contributed by atoms with Crippen LogP contribution in [-0.4, -0.2) is 30.8 Å². The fourth-order valence-corrected chi connectivity index (χ4v) is 1.48. The number of hydrogen-bond acceptors (Lipinski definition) is 4. The molecule has 0 bridgehead atoms. The maximum Gasteiger partial charge on any atom is 0.152 e. The summed E-state index contributed by atoms with van der Waals surface area (Å²) in [5, 5.41) is 0. The number of nitrogens with two attached hydrogens (primary N) is 1. The summed E-state index contributed by atoms with van der Waals surface area (Å²) in [6.45, 7) is 8.79. The van der Waals surface area contributed by atoms with Crippen LogP contribution in [0.2, 0.25) is 0 Å². The highest BCUT2D eigenvalue weighted by molar-refractivity contribution is 7.62. The number of hydrogen-bond donors (Lipinski definition) is 2. The molecular weight excluding hydrogens is 237 g/mol. The molecule has 0 saturated heterocycles. The average molecular weight is 257 g/mol. The van der Waals surface area contributed by atoms with Gasteiger partial charge in [-0.05, 0) is 25.0 Å². The molecule has 1 unspecified atom stereocenters. The molecule has 17 heavy (non-hydrogen) atoms. The van der Waals surface area contributed by atoms with E-state index in [1.165, 1.54) is 6.66 Å². The van der Waals surface area contributed by atoms with Gasteiger partial charge in [0.25, 0.3) is 0 Å². The topological polar surface area (TPSA) is 72.6 Å². The van der Waals surface area contributed by atoms with E-state index in [-0.39, 0.29) is 6.61 Å². The van der Waals surface area contributed by atoms with Crippen LogP contribution in [0.25, 0.3) is 0 Å². The van der Waals surface area contributed by atoms with Gasteiger partial charge >= 0.3 is 0 Å². The lowest BCUT2D eigenvalue weighted by atomic mass is 10.0. The van der Waals surface area contributed by atoms with Gasteiger partial charge in [-0.2, -0.15) is 0 Å². The second-order valence-corrected chi connectivity index (χ2v) is 6.22. The molecular formula is C12H20NO3P. The Labute approximate surface area is 103 Å². The summed E-state index contributed by atoms with van der Waals surface area (Å²) < 4.78 is 5.20. The normalized spacial score (nSPS) is 17.1. The zero-order chi connectivity index (χ0) is 13.6. The minimum Gasteiger partial charge on any atom is -0.398 e. The van der Waals surface area contributed by atoms with E-state index in [0.717, 1.165) is 0 Å². The summed E-state index contributed by atoms with van der Waals surface area (Å²) in [5.41, 5.74) is 7.67. The fourth-order valence-electron chi connectivity index (χ4n) is 1.07. The van der Waals surface area contributed by atoms with Gasteiger partial charge in [0, 0.05) is 17.9 Å². The fraction of sp³-hybridized carbons (Fsp3) is 0.333. The van der Waals surface area contributed by atoms with Crippen LogP contribution >= 0.6 is 7.34 Å². The van der Waals surface area contributed by atoms with E-state index < -0.39 is 7.34 Å². The summed E-state index contributed by atoms with van der Waals surface area (Å²) in [6, 6.07) is 0. The Kier molecular flexibility index (Phi) is 6.18. The minimum atomic E-state index is -2.58. The number of rotatable bonds is 6. The van der Waals surface area contributed by atoms with Gasteiger partial charge in [-0.3, -0.25) is 4.79 Å². The van der Waals surface area contributed by atoms with Gasteiger partial charge in [0.05, 0.1) is 6.61 Å². The lowest BCUT2D eigenvalue weighted by molar-refractivity contribution is -0.104. The molecule has 0 amide bonds. The first kappa shape index (κ1) is 15.9. The third-order valence-corrected chi connectivity index (χ3v) is 2.75. The third-order valence-electron chi connectivity index (χ3n) is 2.06. The molecule has 1 atom stereocenters. The smallest absolute Gasteiger partial charge is 0.152 e. The maximum atomic E-state index is 11.0. The Morgan fingerprint density at radius 2 is 2.12 bits per heavy atom.